The van der Waals surface area contributed by atoms with Crippen LogP contribution in [0.15, 0.2) is 101 Å². The van der Waals surface area contributed by atoms with Crippen molar-refractivity contribution in [1.29, 1.82) is 0 Å². The number of ether oxygens (including phenoxy) is 2. The van der Waals surface area contributed by atoms with Gasteiger partial charge in [0.15, 0.2) is 15.8 Å². The van der Waals surface area contributed by atoms with Crippen molar-refractivity contribution in [3.63, 3.8) is 0 Å². The summed E-state index contributed by atoms with van der Waals surface area (Å²) in [4.78, 5) is 28.6. The molecule has 0 radical (unpaired) electrons. The number of benzene rings is 4. The van der Waals surface area contributed by atoms with Gasteiger partial charge < -0.3 is 19.7 Å². The first kappa shape index (κ1) is 33.1. The van der Waals surface area contributed by atoms with Crippen LogP contribution in [0.3, 0.4) is 0 Å². The van der Waals surface area contributed by atoms with Crippen molar-refractivity contribution in [2.24, 2.45) is 0 Å². The Hall–Kier alpha value is -4.84. The molecule has 9 nitrogen and oxygen atoms in total. The fourth-order valence-corrected chi connectivity index (χ4v) is 7.15. The summed E-state index contributed by atoms with van der Waals surface area (Å²) in [6, 6.07) is 25.5. The highest BCUT2D eigenvalue weighted by Gasteiger charge is 2.48. The van der Waals surface area contributed by atoms with Gasteiger partial charge in [-0.15, -0.1) is 10.2 Å². The van der Waals surface area contributed by atoms with E-state index in [1.165, 1.54) is 22.7 Å². The summed E-state index contributed by atoms with van der Waals surface area (Å²) in [5, 5.41) is 31.4. The second-order valence-corrected chi connectivity index (χ2v) is 13.4. The van der Waals surface area contributed by atoms with Gasteiger partial charge in [-0.2, -0.15) is 0 Å². The number of Topliss-reactive ketones (excluding diaryl/α,β-unsaturated/α-hetero) is 1. The number of nitrogens with zero attached hydrogens (tertiary/aromatic N) is 3. The van der Waals surface area contributed by atoms with E-state index in [-0.39, 0.29) is 34.6 Å². The zero-order valence-electron chi connectivity index (χ0n) is 25.9. The number of phenols is 1. The van der Waals surface area contributed by atoms with E-state index in [0.717, 1.165) is 28.0 Å². The van der Waals surface area contributed by atoms with Crippen LogP contribution in [0, 0.1) is 6.92 Å². The molecule has 0 aliphatic carbocycles. The number of thioether (sulfide) groups is 1. The van der Waals surface area contributed by atoms with Crippen molar-refractivity contribution >= 4 is 57.3 Å². The SMILES string of the molecule is CCOc1cc(C2C(=C(O)c3ccc(OCc4ccccc4C)cc3)C(=O)C(=O)N2c2nnc(SCc3ccc(Cl)cc3)s2)ccc1O. The van der Waals surface area contributed by atoms with Gasteiger partial charge in [0.1, 0.15) is 18.1 Å². The van der Waals surface area contributed by atoms with Crippen LogP contribution in [0.1, 0.15) is 40.8 Å². The number of aryl methyl sites for hydroxylation is 1. The van der Waals surface area contributed by atoms with Crippen LogP contribution in [-0.4, -0.2) is 38.7 Å². The number of aromatic hydroxyl groups is 1. The second kappa shape index (κ2) is 14.5. The summed E-state index contributed by atoms with van der Waals surface area (Å²) < 4.78 is 12.1. The minimum atomic E-state index is -1.08. The van der Waals surface area contributed by atoms with Crippen LogP contribution in [0.25, 0.3) is 5.76 Å². The smallest absolute Gasteiger partial charge is 0.301 e. The van der Waals surface area contributed by atoms with Crippen molar-refractivity contribution in [3.05, 3.63) is 129 Å². The van der Waals surface area contributed by atoms with E-state index in [1.807, 2.05) is 55.5 Å². The molecule has 1 aliphatic rings. The number of ketones is 1. The van der Waals surface area contributed by atoms with Crippen LogP contribution in [0.2, 0.25) is 5.02 Å². The van der Waals surface area contributed by atoms with E-state index in [9.17, 15) is 19.8 Å². The van der Waals surface area contributed by atoms with Crippen molar-refractivity contribution in [2.45, 2.75) is 36.6 Å². The Kier molecular flexibility index (Phi) is 10.00. The quantitative estimate of drug-likeness (QED) is 0.0463. The molecule has 6 rings (SSSR count). The number of phenolic OH excluding ortho intramolecular Hbond substituents is 1. The molecule has 1 unspecified atom stereocenters. The first-order chi connectivity index (χ1) is 23.2. The van der Waals surface area contributed by atoms with Gasteiger partial charge in [-0.1, -0.05) is 77.2 Å². The Bertz CT molecular complexity index is 2000. The Labute approximate surface area is 290 Å². The van der Waals surface area contributed by atoms with Crippen LogP contribution < -0.4 is 14.4 Å². The van der Waals surface area contributed by atoms with Crippen molar-refractivity contribution < 1.29 is 29.3 Å². The summed E-state index contributed by atoms with van der Waals surface area (Å²) in [6.45, 7) is 4.44. The van der Waals surface area contributed by atoms with Gasteiger partial charge in [0, 0.05) is 16.3 Å². The summed E-state index contributed by atoms with van der Waals surface area (Å²) in [5.74, 6) is -0.870. The van der Waals surface area contributed by atoms with Crippen LogP contribution in [0.4, 0.5) is 5.13 Å². The molecule has 2 heterocycles. The Balaban J connectivity index is 1.33. The number of aromatic nitrogens is 2. The number of hydrogen-bond donors (Lipinski definition) is 2. The van der Waals surface area contributed by atoms with E-state index < -0.39 is 17.7 Å². The van der Waals surface area contributed by atoms with Gasteiger partial charge in [-0.25, -0.2) is 0 Å². The molecule has 1 fully saturated rings. The third kappa shape index (κ3) is 7.03. The van der Waals surface area contributed by atoms with E-state index >= 15 is 0 Å². The van der Waals surface area contributed by atoms with E-state index in [0.29, 0.717) is 38.6 Å². The average molecular weight is 700 g/mol. The molecule has 1 amide bonds. The predicted molar refractivity (Wildman–Crippen MR) is 187 cm³/mol. The maximum atomic E-state index is 13.7. The van der Waals surface area contributed by atoms with E-state index in [2.05, 4.69) is 10.2 Å². The molecule has 0 saturated carbocycles. The zero-order chi connectivity index (χ0) is 33.8. The van der Waals surface area contributed by atoms with E-state index in [4.69, 9.17) is 21.1 Å². The maximum absolute atomic E-state index is 13.7. The van der Waals surface area contributed by atoms with Crippen molar-refractivity contribution in [3.8, 4) is 17.2 Å². The molecule has 1 aliphatic heterocycles. The van der Waals surface area contributed by atoms with Crippen LogP contribution in [0.5, 0.6) is 17.2 Å². The molecule has 0 bridgehead atoms. The lowest BCUT2D eigenvalue weighted by molar-refractivity contribution is -0.132. The number of aliphatic hydroxyl groups is 1. The first-order valence-corrected chi connectivity index (χ1v) is 17.2. The highest BCUT2D eigenvalue weighted by molar-refractivity contribution is 8.00. The lowest BCUT2D eigenvalue weighted by Crippen LogP contribution is -2.29. The monoisotopic (exact) mass is 699 g/mol. The number of rotatable bonds is 11. The topological polar surface area (TPSA) is 122 Å². The lowest BCUT2D eigenvalue weighted by Gasteiger charge is -2.23. The summed E-state index contributed by atoms with van der Waals surface area (Å²) >= 11 is 8.59. The Morgan fingerprint density at radius 2 is 1.73 bits per heavy atom. The molecular formula is C36H30ClN3O6S2. The van der Waals surface area contributed by atoms with Crippen molar-refractivity contribution in [2.75, 3.05) is 11.5 Å². The number of carbonyl (C=O) groups is 2. The second-order valence-electron chi connectivity index (χ2n) is 10.8. The third-order valence-electron chi connectivity index (χ3n) is 7.70. The van der Waals surface area contributed by atoms with Gasteiger partial charge >= 0.3 is 5.91 Å². The number of carbonyl (C=O) groups excluding carboxylic acids is 2. The van der Waals surface area contributed by atoms with Gasteiger partial charge in [-0.05, 0) is 84.6 Å². The number of aliphatic hydroxyl groups excluding tert-OH is 1. The van der Waals surface area contributed by atoms with Crippen LogP contribution >= 0.6 is 34.7 Å². The molecule has 1 aromatic heterocycles. The number of hydrogen-bond acceptors (Lipinski definition) is 10. The molecule has 48 heavy (non-hydrogen) atoms. The third-order valence-corrected chi connectivity index (χ3v) is 10.1. The molecular weight excluding hydrogens is 670 g/mol. The number of halogens is 1. The number of anilines is 1. The molecule has 4 aromatic carbocycles. The molecule has 2 N–H and O–H groups in total. The molecule has 1 atom stereocenters. The zero-order valence-corrected chi connectivity index (χ0v) is 28.3. The molecule has 0 spiro atoms. The minimum Gasteiger partial charge on any atom is -0.507 e. The Morgan fingerprint density at radius 3 is 2.46 bits per heavy atom. The summed E-state index contributed by atoms with van der Waals surface area (Å²) in [7, 11) is 0. The Morgan fingerprint density at radius 1 is 0.979 bits per heavy atom. The normalized spacial score (nSPS) is 15.6. The fourth-order valence-electron chi connectivity index (χ4n) is 5.20. The molecule has 12 heteroatoms. The van der Waals surface area contributed by atoms with Gasteiger partial charge in [0.05, 0.1) is 18.2 Å². The fraction of sp³-hybridized carbons (Fsp3) is 0.167. The van der Waals surface area contributed by atoms with E-state index in [1.54, 1.807) is 43.3 Å². The highest BCUT2D eigenvalue weighted by atomic mass is 35.5. The first-order valence-electron chi connectivity index (χ1n) is 15.0. The summed E-state index contributed by atoms with van der Waals surface area (Å²) in [5.41, 5.74) is 3.81. The maximum Gasteiger partial charge on any atom is 0.301 e. The van der Waals surface area contributed by atoms with Crippen LogP contribution in [-0.2, 0) is 21.9 Å². The lowest BCUT2D eigenvalue weighted by atomic mass is 9.95. The van der Waals surface area contributed by atoms with Gasteiger partial charge in [-0.3, -0.25) is 14.5 Å². The van der Waals surface area contributed by atoms with Gasteiger partial charge in [0.25, 0.3) is 5.78 Å². The van der Waals surface area contributed by atoms with Gasteiger partial charge in [0.2, 0.25) is 5.13 Å². The largest absolute Gasteiger partial charge is 0.507 e. The average Bonchev–Trinajstić information content (AvgIpc) is 3.66. The van der Waals surface area contributed by atoms with Crippen molar-refractivity contribution in [1.82, 2.24) is 10.2 Å². The number of amides is 1. The standard InChI is InChI=1S/C36H30ClN3O6S2/c1-3-45-29-18-24(12-17-28(29)41)31-30(32(42)23-10-15-27(16-11-23)46-19-25-7-5-4-6-21(25)2)33(43)34(44)40(31)35-38-39-36(48-35)47-20-22-8-13-26(37)14-9-22/h4-18,31,41-42H,3,19-20H2,1-2H3. The minimum absolute atomic E-state index is 0.101. The predicted octanol–water partition coefficient (Wildman–Crippen LogP) is 8.10. The highest BCUT2D eigenvalue weighted by Crippen LogP contribution is 2.45. The molecule has 1 saturated heterocycles. The summed E-state index contributed by atoms with van der Waals surface area (Å²) in [6.07, 6.45) is 0. The molecule has 244 valence electrons. The molecule has 5 aromatic rings.